The minimum Gasteiger partial charge on any atom is -0.386 e. The smallest absolute Gasteiger partial charge is 0.386 e. The van der Waals surface area contributed by atoms with Crippen LogP contribution in [0.15, 0.2) is 36.7 Å². The Hall–Kier alpha value is -1.95. The van der Waals surface area contributed by atoms with Crippen molar-refractivity contribution in [3.63, 3.8) is 0 Å². The summed E-state index contributed by atoms with van der Waals surface area (Å²) in [7, 11) is 0. The Kier molecular flexibility index (Phi) is 4.04. The number of nitrogens with zero attached hydrogens (tertiary/aromatic N) is 2. The fourth-order valence-electron chi connectivity index (χ4n) is 1.78. The molecule has 0 radical (unpaired) electrons. The highest BCUT2D eigenvalue weighted by Crippen LogP contribution is 2.30. The monoisotopic (exact) mass is 282 g/mol. The molecule has 1 heterocycles. The standard InChI is InChI=1S/C14H13F3N2O/c1-9-7-19-12(8-18-9)13(20)6-10-3-2-4-11(5-10)14(15,16)17/h2-5,7-8,13,20H,6H2,1H3. The van der Waals surface area contributed by atoms with Gasteiger partial charge in [-0.3, -0.25) is 9.97 Å². The molecule has 1 unspecified atom stereocenters. The van der Waals surface area contributed by atoms with Crippen LogP contribution in [0.25, 0.3) is 0 Å². The molecule has 0 aliphatic carbocycles. The van der Waals surface area contributed by atoms with Crippen molar-refractivity contribution in [3.05, 3.63) is 59.2 Å². The predicted octanol–water partition coefficient (Wildman–Crippen LogP) is 3.08. The minimum absolute atomic E-state index is 0.0572. The van der Waals surface area contributed by atoms with Crippen molar-refractivity contribution in [1.29, 1.82) is 0 Å². The van der Waals surface area contributed by atoms with Gasteiger partial charge in [-0.1, -0.05) is 18.2 Å². The maximum atomic E-state index is 12.6. The van der Waals surface area contributed by atoms with Gasteiger partial charge in [-0.2, -0.15) is 13.2 Å². The second kappa shape index (κ2) is 5.58. The normalized spacial score (nSPS) is 13.2. The van der Waals surface area contributed by atoms with Crippen LogP contribution in [0, 0.1) is 6.92 Å². The van der Waals surface area contributed by atoms with Crippen molar-refractivity contribution in [3.8, 4) is 0 Å². The highest BCUT2D eigenvalue weighted by molar-refractivity contribution is 5.26. The summed E-state index contributed by atoms with van der Waals surface area (Å²) in [5, 5.41) is 9.97. The van der Waals surface area contributed by atoms with Gasteiger partial charge in [0.25, 0.3) is 0 Å². The second-order valence-electron chi connectivity index (χ2n) is 4.50. The first-order chi connectivity index (χ1) is 9.36. The third kappa shape index (κ3) is 3.54. The van der Waals surface area contributed by atoms with Gasteiger partial charge in [-0.15, -0.1) is 0 Å². The summed E-state index contributed by atoms with van der Waals surface area (Å²) < 4.78 is 37.8. The molecule has 1 N–H and O–H groups in total. The number of hydrogen-bond acceptors (Lipinski definition) is 3. The van der Waals surface area contributed by atoms with Crippen molar-refractivity contribution >= 4 is 0 Å². The van der Waals surface area contributed by atoms with E-state index in [1.165, 1.54) is 18.5 Å². The summed E-state index contributed by atoms with van der Waals surface area (Å²) in [5.74, 6) is 0. The number of aliphatic hydroxyl groups excluding tert-OH is 1. The van der Waals surface area contributed by atoms with E-state index in [0.29, 0.717) is 17.0 Å². The SMILES string of the molecule is Cc1cnc(C(O)Cc2cccc(C(F)(F)F)c2)cn1. The largest absolute Gasteiger partial charge is 0.416 e. The summed E-state index contributed by atoms with van der Waals surface area (Å²) >= 11 is 0. The van der Waals surface area contributed by atoms with Crippen LogP contribution in [-0.2, 0) is 12.6 Å². The number of benzene rings is 1. The van der Waals surface area contributed by atoms with Gasteiger partial charge in [0.15, 0.2) is 0 Å². The molecule has 0 amide bonds. The van der Waals surface area contributed by atoms with Crippen molar-refractivity contribution in [2.45, 2.75) is 25.6 Å². The van der Waals surface area contributed by atoms with E-state index < -0.39 is 17.8 Å². The molecule has 106 valence electrons. The lowest BCUT2D eigenvalue weighted by molar-refractivity contribution is -0.137. The molecule has 0 fully saturated rings. The van der Waals surface area contributed by atoms with Crippen molar-refractivity contribution in [2.24, 2.45) is 0 Å². The molecular weight excluding hydrogens is 269 g/mol. The van der Waals surface area contributed by atoms with Crippen LogP contribution in [0.4, 0.5) is 13.2 Å². The Bertz CT molecular complexity index is 582. The van der Waals surface area contributed by atoms with Crippen LogP contribution in [-0.4, -0.2) is 15.1 Å². The summed E-state index contributed by atoms with van der Waals surface area (Å²) in [5.41, 5.74) is 0.722. The van der Waals surface area contributed by atoms with Gasteiger partial charge in [-0.25, -0.2) is 0 Å². The fourth-order valence-corrected chi connectivity index (χ4v) is 1.78. The predicted molar refractivity (Wildman–Crippen MR) is 66.9 cm³/mol. The van der Waals surface area contributed by atoms with Gasteiger partial charge in [0, 0.05) is 12.6 Å². The van der Waals surface area contributed by atoms with E-state index in [4.69, 9.17) is 0 Å². The lowest BCUT2D eigenvalue weighted by atomic mass is 10.0. The average Bonchev–Trinajstić information content (AvgIpc) is 2.38. The Labute approximate surface area is 114 Å². The molecule has 0 saturated carbocycles. The number of aromatic nitrogens is 2. The van der Waals surface area contributed by atoms with E-state index in [0.717, 1.165) is 12.1 Å². The maximum Gasteiger partial charge on any atom is 0.416 e. The number of rotatable bonds is 3. The first-order valence-electron chi connectivity index (χ1n) is 5.99. The van der Waals surface area contributed by atoms with Gasteiger partial charge >= 0.3 is 6.18 Å². The fraction of sp³-hybridized carbons (Fsp3) is 0.286. The lowest BCUT2D eigenvalue weighted by Gasteiger charge is -2.12. The molecule has 0 aliphatic heterocycles. The third-order valence-corrected chi connectivity index (χ3v) is 2.83. The van der Waals surface area contributed by atoms with Crippen LogP contribution in [0.2, 0.25) is 0 Å². The van der Waals surface area contributed by atoms with Crippen molar-refractivity contribution in [1.82, 2.24) is 9.97 Å². The zero-order chi connectivity index (χ0) is 14.8. The summed E-state index contributed by atoms with van der Waals surface area (Å²) in [6.45, 7) is 1.76. The topological polar surface area (TPSA) is 46.0 Å². The molecule has 20 heavy (non-hydrogen) atoms. The highest BCUT2D eigenvalue weighted by atomic mass is 19.4. The molecule has 2 rings (SSSR count). The number of alkyl halides is 3. The van der Waals surface area contributed by atoms with E-state index >= 15 is 0 Å². The van der Waals surface area contributed by atoms with Gasteiger partial charge in [-0.05, 0) is 18.6 Å². The Morgan fingerprint density at radius 3 is 2.55 bits per heavy atom. The quantitative estimate of drug-likeness (QED) is 0.941. The van der Waals surface area contributed by atoms with E-state index in [1.807, 2.05) is 0 Å². The molecule has 0 saturated heterocycles. The molecule has 1 atom stereocenters. The van der Waals surface area contributed by atoms with Crippen molar-refractivity contribution < 1.29 is 18.3 Å². The lowest BCUT2D eigenvalue weighted by Crippen LogP contribution is -2.08. The first kappa shape index (κ1) is 14.5. The maximum absolute atomic E-state index is 12.6. The molecule has 0 aliphatic rings. The van der Waals surface area contributed by atoms with Crippen LogP contribution in [0.1, 0.15) is 28.6 Å². The van der Waals surface area contributed by atoms with Crippen molar-refractivity contribution in [2.75, 3.05) is 0 Å². The molecule has 2 aromatic rings. The molecule has 0 spiro atoms. The van der Waals surface area contributed by atoms with E-state index in [9.17, 15) is 18.3 Å². The zero-order valence-corrected chi connectivity index (χ0v) is 10.7. The van der Waals surface area contributed by atoms with Gasteiger partial charge in [0.1, 0.15) is 6.10 Å². The van der Waals surface area contributed by atoms with Gasteiger partial charge in [0.05, 0.1) is 23.1 Å². The van der Waals surface area contributed by atoms with Crippen LogP contribution >= 0.6 is 0 Å². The summed E-state index contributed by atoms with van der Waals surface area (Å²) in [4.78, 5) is 8.01. The third-order valence-electron chi connectivity index (χ3n) is 2.83. The number of aliphatic hydroxyl groups is 1. The minimum atomic E-state index is -4.38. The zero-order valence-electron chi connectivity index (χ0n) is 10.7. The molecule has 3 nitrogen and oxygen atoms in total. The van der Waals surface area contributed by atoms with E-state index in [-0.39, 0.29) is 6.42 Å². The summed E-state index contributed by atoms with van der Waals surface area (Å²) in [6, 6.07) is 4.90. The van der Waals surface area contributed by atoms with Crippen LogP contribution in [0.5, 0.6) is 0 Å². The Balaban J connectivity index is 2.15. The molecule has 0 bridgehead atoms. The van der Waals surface area contributed by atoms with Crippen LogP contribution in [0.3, 0.4) is 0 Å². The number of halogens is 3. The summed E-state index contributed by atoms with van der Waals surface area (Å²) in [6.07, 6.45) is -2.38. The average molecular weight is 282 g/mol. The molecule has 6 heteroatoms. The molecule has 1 aromatic heterocycles. The molecule has 1 aromatic carbocycles. The van der Waals surface area contributed by atoms with Crippen LogP contribution < -0.4 is 0 Å². The molecular formula is C14H13F3N2O. The van der Waals surface area contributed by atoms with Gasteiger partial charge < -0.3 is 5.11 Å². The first-order valence-corrected chi connectivity index (χ1v) is 5.99. The number of aryl methyl sites for hydroxylation is 1. The second-order valence-corrected chi connectivity index (χ2v) is 4.50. The van der Waals surface area contributed by atoms with E-state index in [2.05, 4.69) is 9.97 Å². The number of hydrogen-bond donors (Lipinski definition) is 1. The van der Waals surface area contributed by atoms with E-state index in [1.54, 1.807) is 13.0 Å². The Morgan fingerprint density at radius 2 is 1.95 bits per heavy atom. The highest BCUT2D eigenvalue weighted by Gasteiger charge is 2.30. The Morgan fingerprint density at radius 1 is 1.20 bits per heavy atom. The van der Waals surface area contributed by atoms with Gasteiger partial charge in [0.2, 0.25) is 0 Å².